The van der Waals surface area contributed by atoms with Gasteiger partial charge in [-0.1, -0.05) is 47.9 Å². The van der Waals surface area contributed by atoms with Crippen LogP contribution in [0.2, 0.25) is 8.80 Å². The first kappa shape index (κ1) is 20.2. The largest absolute Gasteiger partial charge is 0.462 e. The maximum Gasteiger partial charge on any atom is 0.329 e. The number of amides is 1. The number of unbranched alkanes of at least 4 members (excludes halogenated alkanes) is 1. The molecule has 0 saturated heterocycles. The van der Waals surface area contributed by atoms with Gasteiger partial charge in [0.2, 0.25) is 5.91 Å². The summed E-state index contributed by atoms with van der Waals surface area (Å²) in [6.45, 7) is 4.48. The predicted octanol–water partition coefficient (Wildman–Crippen LogP) is 2.86. The molecule has 9 heteroatoms. The number of carbonyl (C=O) groups is 2. The van der Waals surface area contributed by atoms with Crippen molar-refractivity contribution in [2.45, 2.75) is 39.2 Å². The van der Waals surface area contributed by atoms with Gasteiger partial charge in [-0.05, 0) is 6.42 Å². The van der Waals surface area contributed by atoms with Crippen LogP contribution in [0.25, 0.3) is 0 Å². The van der Waals surface area contributed by atoms with E-state index in [1.54, 1.807) is 0 Å². The lowest BCUT2D eigenvalue weighted by Crippen LogP contribution is -2.42. The Hall–Kier alpha value is -0.890. The summed E-state index contributed by atoms with van der Waals surface area (Å²) >= 11 is 12.9. The van der Waals surface area contributed by atoms with Crippen LogP contribution in [0.15, 0.2) is 0 Å². The molecular weight excluding hydrogens is 363 g/mol. The molecule has 0 aliphatic carbocycles. The maximum atomic E-state index is 12.1. The smallest absolute Gasteiger partial charge is 0.329 e. The third-order valence-corrected chi connectivity index (χ3v) is 4.24. The normalized spacial score (nSPS) is 12.0. The maximum absolute atomic E-state index is 12.1. The van der Waals surface area contributed by atoms with Gasteiger partial charge >= 0.3 is 5.97 Å². The molecule has 0 aromatic carbocycles. The van der Waals surface area contributed by atoms with Crippen LogP contribution in [-0.4, -0.2) is 42.7 Å². The number of ether oxygens (including phenoxy) is 2. The first-order valence-electron chi connectivity index (χ1n) is 7.26. The van der Waals surface area contributed by atoms with Crippen molar-refractivity contribution in [3.63, 3.8) is 0 Å². The number of hydrogen-bond acceptors (Lipinski definition) is 6. The summed E-state index contributed by atoms with van der Waals surface area (Å²) in [6.07, 6.45) is 2.13. The van der Waals surface area contributed by atoms with E-state index in [0.29, 0.717) is 23.2 Å². The van der Waals surface area contributed by atoms with Gasteiger partial charge in [-0.2, -0.15) is 0 Å². The molecule has 1 unspecified atom stereocenters. The zero-order valence-corrected chi connectivity index (χ0v) is 15.4. The molecule has 1 rings (SSSR count). The molecule has 0 bridgehead atoms. The second-order valence-corrected chi connectivity index (χ2v) is 6.96. The summed E-state index contributed by atoms with van der Waals surface area (Å²) < 4.78 is 11.1. The molecule has 1 N–H and O–H groups in total. The first-order chi connectivity index (χ1) is 10.9. The Bertz CT molecular complexity index is 525. The average molecular weight is 383 g/mol. The van der Waals surface area contributed by atoms with E-state index in [9.17, 15) is 9.59 Å². The fourth-order valence-corrected chi connectivity index (χ4v) is 3.05. The topological polar surface area (TPSA) is 77.5 Å². The third kappa shape index (κ3) is 7.97. The summed E-state index contributed by atoms with van der Waals surface area (Å²) in [6, 6.07) is -0.862. The van der Waals surface area contributed by atoms with Crippen LogP contribution in [0.1, 0.15) is 32.4 Å². The van der Waals surface area contributed by atoms with Gasteiger partial charge in [-0.3, -0.25) is 4.79 Å². The molecule has 0 aliphatic rings. The molecule has 6 nitrogen and oxygen atoms in total. The Kier molecular flexibility index (Phi) is 9.47. The zero-order valence-electron chi connectivity index (χ0n) is 13.1. The van der Waals surface area contributed by atoms with E-state index in [0.717, 1.165) is 24.2 Å². The second-order valence-electron chi connectivity index (χ2n) is 4.78. The Morgan fingerprint density at radius 1 is 1.30 bits per heavy atom. The van der Waals surface area contributed by atoms with Gasteiger partial charge in [-0.25, -0.2) is 9.78 Å². The summed E-state index contributed by atoms with van der Waals surface area (Å²) in [5.41, 5.74) is 0.455. The van der Waals surface area contributed by atoms with Crippen molar-refractivity contribution in [2.75, 3.05) is 19.8 Å². The minimum absolute atomic E-state index is 0.122. The first-order valence-corrected chi connectivity index (χ1v) is 8.83. The van der Waals surface area contributed by atoms with E-state index in [1.165, 1.54) is 6.92 Å². The summed E-state index contributed by atoms with van der Waals surface area (Å²) in [5.74, 6) is -0.900. The van der Waals surface area contributed by atoms with Crippen molar-refractivity contribution in [1.82, 2.24) is 10.3 Å². The molecule has 0 spiro atoms. The molecule has 0 aliphatic heterocycles. The standard InChI is InChI=1S/C14H20Cl2N2O4S/c1-3-4-5-21-6-7-22-13(20)11(17-9(2)19)8-10-12(15)23-14(16)18-10/h11H,3-8H2,1-2H3,(H,17,19). The Morgan fingerprint density at radius 3 is 2.61 bits per heavy atom. The summed E-state index contributed by atoms with van der Waals surface area (Å²) in [5, 5.41) is 2.53. The van der Waals surface area contributed by atoms with Gasteiger partial charge in [-0.15, -0.1) is 0 Å². The molecule has 130 valence electrons. The van der Waals surface area contributed by atoms with E-state index in [4.69, 9.17) is 32.7 Å². The Labute approximate surface area is 149 Å². The lowest BCUT2D eigenvalue weighted by Gasteiger charge is -2.16. The minimum atomic E-state index is -0.862. The van der Waals surface area contributed by atoms with Crippen LogP contribution >= 0.6 is 34.5 Å². The molecule has 23 heavy (non-hydrogen) atoms. The lowest BCUT2D eigenvalue weighted by atomic mass is 10.1. The molecule has 1 aromatic rings. The number of nitrogens with zero attached hydrogens (tertiary/aromatic N) is 1. The van der Waals surface area contributed by atoms with Crippen molar-refractivity contribution < 1.29 is 19.1 Å². The van der Waals surface area contributed by atoms with Gasteiger partial charge in [0.15, 0.2) is 4.47 Å². The number of carbonyl (C=O) groups excluding carboxylic acids is 2. The molecule has 1 aromatic heterocycles. The quantitative estimate of drug-likeness (QED) is 0.497. The molecule has 1 amide bonds. The van der Waals surface area contributed by atoms with Crippen LogP contribution in [0, 0.1) is 0 Å². The highest BCUT2D eigenvalue weighted by molar-refractivity contribution is 7.19. The van der Waals surface area contributed by atoms with Gasteiger partial charge < -0.3 is 14.8 Å². The van der Waals surface area contributed by atoms with E-state index < -0.39 is 12.0 Å². The number of halogens is 2. The molecule has 0 radical (unpaired) electrons. The highest BCUT2D eigenvalue weighted by Crippen LogP contribution is 2.28. The molecule has 0 fully saturated rings. The monoisotopic (exact) mass is 382 g/mol. The van der Waals surface area contributed by atoms with E-state index in [2.05, 4.69) is 17.2 Å². The van der Waals surface area contributed by atoms with E-state index in [-0.39, 0.29) is 23.4 Å². The van der Waals surface area contributed by atoms with Crippen LogP contribution in [0.3, 0.4) is 0 Å². The van der Waals surface area contributed by atoms with Crippen molar-refractivity contribution in [3.05, 3.63) is 14.5 Å². The zero-order chi connectivity index (χ0) is 17.2. The molecule has 1 heterocycles. The van der Waals surface area contributed by atoms with Crippen LogP contribution < -0.4 is 5.32 Å². The number of rotatable bonds is 10. The Balaban J connectivity index is 2.51. The fourth-order valence-electron chi connectivity index (χ4n) is 1.71. The molecular formula is C14H20Cl2N2O4S. The number of aromatic nitrogens is 1. The Morgan fingerprint density at radius 2 is 2.04 bits per heavy atom. The highest BCUT2D eigenvalue weighted by atomic mass is 35.5. The van der Waals surface area contributed by atoms with Crippen molar-refractivity contribution in [2.24, 2.45) is 0 Å². The SMILES string of the molecule is CCCCOCCOC(=O)C(Cc1nc(Cl)sc1Cl)NC(C)=O. The third-order valence-electron chi connectivity index (χ3n) is 2.80. The summed E-state index contributed by atoms with van der Waals surface area (Å²) in [7, 11) is 0. The fraction of sp³-hybridized carbons (Fsp3) is 0.643. The van der Waals surface area contributed by atoms with Gasteiger partial charge in [0.05, 0.1) is 12.3 Å². The minimum Gasteiger partial charge on any atom is -0.462 e. The van der Waals surface area contributed by atoms with E-state index >= 15 is 0 Å². The summed E-state index contributed by atoms with van der Waals surface area (Å²) in [4.78, 5) is 27.4. The van der Waals surface area contributed by atoms with Crippen LogP contribution in [0.5, 0.6) is 0 Å². The van der Waals surface area contributed by atoms with Crippen molar-refractivity contribution in [1.29, 1.82) is 0 Å². The van der Waals surface area contributed by atoms with Crippen LogP contribution in [0.4, 0.5) is 0 Å². The molecule has 0 saturated carbocycles. The second kappa shape index (κ2) is 10.8. The number of thiazole rings is 1. The number of nitrogens with one attached hydrogen (secondary N) is 1. The number of esters is 1. The lowest BCUT2D eigenvalue weighted by molar-refractivity contribution is -0.149. The van der Waals surface area contributed by atoms with Gasteiger partial charge in [0.1, 0.15) is 17.0 Å². The van der Waals surface area contributed by atoms with Crippen molar-refractivity contribution >= 4 is 46.4 Å². The van der Waals surface area contributed by atoms with E-state index in [1.807, 2.05) is 0 Å². The predicted molar refractivity (Wildman–Crippen MR) is 90.1 cm³/mol. The van der Waals surface area contributed by atoms with Gasteiger partial charge in [0, 0.05) is 20.0 Å². The van der Waals surface area contributed by atoms with Gasteiger partial charge in [0.25, 0.3) is 0 Å². The van der Waals surface area contributed by atoms with Crippen molar-refractivity contribution in [3.8, 4) is 0 Å². The number of hydrogen-bond donors (Lipinski definition) is 1. The molecule has 1 atom stereocenters. The van der Waals surface area contributed by atoms with Crippen LogP contribution in [-0.2, 0) is 25.5 Å². The average Bonchev–Trinajstić information content (AvgIpc) is 2.79. The highest BCUT2D eigenvalue weighted by Gasteiger charge is 2.24.